The zero-order chi connectivity index (χ0) is 21.3. The van der Waals surface area contributed by atoms with Gasteiger partial charge in [-0.2, -0.15) is 0 Å². The zero-order valence-electron chi connectivity index (χ0n) is 16.2. The maximum Gasteiger partial charge on any atom is 0.251 e. The lowest BCUT2D eigenvalue weighted by atomic mass is 10.1. The summed E-state index contributed by atoms with van der Waals surface area (Å²) < 4.78 is 0. The number of nitrogens with two attached hydrogens (primary N) is 1. The van der Waals surface area contributed by atoms with E-state index in [1.807, 2.05) is 30.3 Å². The summed E-state index contributed by atoms with van der Waals surface area (Å²) in [5.41, 5.74) is 8.15. The number of para-hydroxylation sites is 1. The van der Waals surface area contributed by atoms with E-state index in [1.165, 1.54) is 0 Å². The maximum atomic E-state index is 12.3. The lowest BCUT2D eigenvalue weighted by molar-refractivity contribution is -0.114. The minimum Gasteiger partial charge on any atom is -0.376 e. The highest BCUT2D eigenvalue weighted by atomic mass is 16.2. The normalized spacial score (nSPS) is 10.1. The average Bonchev–Trinajstić information content (AvgIpc) is 2.77. The number of hydrogen-bond acceptors (Lipinski definition) is 4. The van der Waals surface area contributed by atoms with Crippen molar-refractivity contribution in [2.45, 2.75) is 6.54 Å². The van der Waals surface area contributed by atoms with Crippen molar-refractivity contribution < 1.29 is 14.4 Å². The number of anilines is 2. The van der Waals surface area contributed by atoms with Crippen molar-refractivity contribution in [3.05, 3.63) is 95.6 Å². The Morgan fingerprint density at radius 3 is 2.17 bits per heavy atom. The van der Waals surface area contributed by atoms with Gasteiger partial charge < -0.3 is 21.7 Å². The van der Waals surface area contributed by atoms with Gasteiger partial charge >= 0.3 is 0 Å². The first-order valence-electron chi connectivity index (χ1n) is 9.37. The Hall–Kier alpha value is -4.13. The smallest absolute Gasteiger partial charge is 0.251 e. The topological polar surface area (TPSA) is 113 Å². The third kappa shape index (κ3) is 5.68. The number of carbonyl (C=O) groups is 3. The Morgan fingerprint density at radius 2 is 1.47 bits per heavy atom. The van der Waals surface area contributed by atoms with Gasteiger partial charge in [0.15, 0.2) is 0 Å². The van der Waals surface area contributed by atoms with E-state index in [2.05, 4.69) is 16.0 Å². The molecular weight excluding hydrogens is 380 g/mol. The molecule has 3 aromatic carbocycles. The van der Waals surface area contributed by atoms with Crippen LogP contribution in [0.1, 0.15) is 26.3 Å². The molecule has 0 atom stereocenters. The van der Waals surface area contributed by atoms with Crippen LogP contribution in [0, 0.1) is 0 Å². The molecule has 0 heterocycles. The van der Waals surface area contributed by atoms with E-state index in [0.717, 1.165) is 5.56 Å². The van der Waals surface area contributed by atoms with Crippen molar-refractivity contribution in [2.75, 3.05) is 17.2 Å². The second-order valence-corrected chi connectivity index (χ2v) is 6.56. The largest absolute Gasteiger partial charge is 0.376 e. The van der Waals surface area contributed by atoms with E-state index in [9.17, 15) is 14.4 Å². The predicted molar refractivity (Wildman–Crippen MR) is 116 cm³/mol. The minimum absolute atomic E-state index is 0.00730. The summed E-state index contributed by atoms with van der Waals surface area (Å²) in [6.45, 7) is 0.444. The first-order valence-corrected chi connectivity index (χ1v) is 9.37. The van der Waals surface area contributed by atoms with Gasteiger partial charge in [-0.25, -0.2) is 0 Å². The van der Waals surface area contributed by atoms with Crippen LogP contribution >= 0.6 is 0 Å². The van der Waals surface area contributed by atoms with Crippen LogP contribution < -0.4 is 21.7 Å². The SMILES string of the molecule is NC(=O)c1ccccc1NC(=O)CNc1ccc(C(=O)NCc2ccccc2)cc1. The third-order valence-electron chi connectivity index (χ3n) is 4.36. The lowest BCUT2D eigenvalue weighted by Gasteiger charge is -2.11. The number of rotatable bonds is 8. The number of amides is 3. The van der Waals surface area contributed by atoms with Crippen LogP contribution in [0.3, 0.4) is 0 Å². The third-order valence-corrected chi connectivity index (χ3v) is 4.36. The molecule has 0 aliphatic rings. The molecule has 0 aliphatic heterocycles. The molecule has 0 aliphatic carbocycles. The first kappa shape index (κ1) is 20.6. The van der Waals surface area contributed by atoms with E-state index in [-0.39, 0.29) is 23.9 Å². The number of carbonyl (C=O) groups excluding carboxylic acids is 3. The Kier molecular flexibility index (Phi) is 6.78. The molecule has 0 saturated heterocycles. The summed E-state index contributed by atoms with van der Waals surface area (Å²) in [5, 5.41) is 8.50. The molecule has 7 nitrogen and oxygen atoms in total. The fraction of sp³-hybridized carbons (Fsp3) is 0.0870. The second-order valence-electron chi connectivity index (χ2n) is 6.56. The Morgan fingerprint density at radius 1 is 0.800 bits per heavy atom. The van der Waals surface area contributed by atoms with E-state index in [0.29, 0.717) is 23.5 Å². The van der Waals surface area contributed by atoms with Gasteiger partial charge in [-0.1, -0.05) is 42.5 Å². The van der Waals surface area contributed by atoms with Crippen molar-refractivity contribution in [1.82, 2.24) is 5.32 Å². The van der Waals surface area contributed by atoms with Crippen LogP contribution in [0.15, 0.2) is 78.9 Å². The van der Waals surface area contributed by atoms with Crippen LogP contribution in [0.2, 0.25) is 0 Å². The first-order chi connectivity index (χ1) is 14.5. The van der Waals surface area contributed by atoms with E-state index >= 15 is 0 Å². The summed E-state index contributed by atoms with van der Waals surface area (Å²) in [7, 11) is 0. The highest BCUT2D eigenvalue weighted by Crippen LogP contribution is 2.14. The molecule has 30 heavy (non-hydrogen) atoms. The average molecular weight is 402 g/mol. The van der Waals surface area contributed by atoms with E-state index in [1.54, 1.807) is 48.5 Å². The molecule has 0 unspecified atom stereocenters. The summed E-state index contributed by atoms with van der Waals surface area (Å²) >= 11 is 0. The van der Waals surface area contributed by atoms with Gasteiger partial charge in [0.2, 0.25) is 5.91 Å². The fourth-order valence-electron chi connectivity index (χ4n) is 2.80. The molecule has 0 spiro atoms. The molecule has 0 saturated carbocycles. The molecular formula is C23H22N4O3. The van der Waals surface area contributed by atoms with Gasteiger partial charge in [-0.3, -0.25) is 14.4 Å². The molecule has 3 rings (SSSR count). The quantitative estimate of drug-likeness (QED) is 0.464. The van der Waals surface area contributed by atoms with Crippen molar-refractivity contribution in [3.8, 4) is 0 Å². The predicted octanol–water partition coefficient (Wildman–Crippen LogP) is 2.77. The highest BCUT2D eigenvalue weighted by molar-refractivity contribution is 6.03. The second kappa shape index (κ2) is 9.88. The van der Waals surface area contributed by atoms with Gasteiger partial charge in [0.25, 0.3) is 11.8 Å². The highest BCUT2D eigenvalue weighted by Gasteiger charge is 2.10. The fourth-order valence-corrected chi connectivity index (χ4v) is 2.80. The van der Waals surface area contributed by atoms with Crippen molar-refractivity contribution in [1.29, 1.82) is 0 Å². The molecule has 0 bridgehead atoms. The van der Waals surface area contributed by atoms with E-state index in [4.69, 9.17) is 5.73 Å². The Balaban J connectivity index is 1.50. The molecule has 7 heteroatoms. The van der Waals surface area contributed by atoms with Crippen LogP contribution in [-0.2, 0) is 11.3 Å². The summed E-state index contributed by atoms with van der Waals surface area (Å²) in [6, 6.07) is 23.0. The number of nitrogens with one attached hydrogen (secondary N) is 3. The zero-order valence-corrected chi connectivity index (χ0v) is 16.2. The Bertz CT molecular complexity index is 1030. The van der Waals surface area contributed by atoms with Gasteiger partial charge in [-0.05, 0) is 42.0 Å². The summed E-state index contributed by atoms with van der Waals surface area (Å²) in [4.78, 5) is 35.8. The molecule has 3 amide bonds. The van der Waals surface area contributed by atoms with Gasteiger partial charge in [-0.15, -0.1) is 0 Å². The van der Waals surface area contributed by atoms with Crippen molar-refractivity contribution >= 4 is 29.1 Å². The molecule has 0 fully saturated rings. The van der Waals surface area contributed by atoms with Crippen LogP contribution in [-0.4, -0.2) is 24.3 Å². The maximum absolute atomic E-state index is 12.3. The monoisotopic (exact) mass is 402 g/mol. The molecule has 3 aromatic rings. The number of benzene rings is 3. The van der Waals surface area contributed by atoms with Gasteiger partial charge in [0.1, 0.15) is 0 Å². The number of hydrogen-bond donors (Lipinski definition) is 4. The van der Waals surface area contributed by atoms with E-state index < -0.39 is 5.91 Å². The van der Waals surface area contributed by atoms with Crippen LogP contribution in [0.25, 0.3) is 0 Å². The Labute approximate surface area is 174 Å². The van der Waals surface area contributed by atoms with Gasteiger partial charge in [0.05, 0.1) is 17.8 Å². The standard InChI is InChI=1S/C23H22N4O3/c24-22(29)19-8-4-5-9-20(19)27-21(28)15-25-18-12-10-17(11-13-18)23(30)26-14-16-6-2-1-3-7-16/h1-13,25H,14-15H2,(H2,24,29)(H,26,30)(H,27,28). The lowest BCUT2D eigenvalue weighted by Crippen LogP contribution is -2.24. The molecule has 5 N–H and O–H groups in total. The van der Waals surface area contributed by atoms with Crippen molar-refractivity contribution in [2.24, 2.45) is 5.73 Å². The summed E-state index contributed by atoms with van der Waals surface area (Å²) in [6.07, 6.45) is 0. The molecule has 0 radical (unpaired) electrons. The van der Waals surface area contributed by atoms with Gasteiger partial charge in [0, 0.05) is 17.8 Å². The number of primary amides is 1. The molecule has 152 valence electrons. The molecule has 0 aromatic heterocycles. The van der Waals surface area contributed by atoms with Crippen LogP contribution in [0.4, 0.5) is 11.4 Å². The summed E-state index contributed by atoms with van der Waals surface area (Å²) in [5.74, 6) is -1.11. The minimum atomic E-state index is -0.611. The van der Waals surface area contributed by atoms with Crippen molar-refractivity contribution in [3.63, 3.8) is 0 Å². The van der Waals surface area contributed by atoms with Crippen LogP contribution in [0.5, 0.6) is 0 Å².